The summed E-state index contributed by atoms with van der Waals surface area (Å²) in [6, 6.07) is 7.98. The maximum atomic E-state index is 11.9. The van der Waals surface area contributed by atoms with Gasteiger partial charge in [-0.25, -0.2) is 14.6 Å². The number of benzene rings is 1. The highest BCUT2D eigenvalue weighted by Crippen LogP contribution is 2.22. The van der Waals surface area contributed by atoms with E-state index in [1.54, 1.807) is 45.0 Å². The second-order valence-electron chi connectivity index (χ2n) is 7.10. The van der Waals surface area contributed by atoms with Crippen molar-refractivity contribution in [1.29, 1.82) is 0 Å². The maximum Gasteiger partial charge on any atom is 0.408 e. The SMILES string of the molecule is CC(C)(C)OC(=O)NC(Cc1cccc(Oc2ccc([N+](=O)[O-])cn2)c1)C(=O)O. The zero-order valence-corrected chi connectivity index (χ0v) is 16.1. The lowest BCUT2D eigenvalue weighted by Gasteiger charge is -2.22. The van der Waals surface area contributed by atoms with Crippen LogP contribution in [0.25, 0.3) is 0 Å². The first-order chi connectivity index (χ1) is 13.5. The summed E-state index contributed by atoms with van der Waals surface area (Å²) in [7, 11) is 0. The Morgan fingerprint density at radius 2 is 2.00 bits per heavy atom. The number of pyridine rings is 1. The minimum absolute atomic E-state index is 0.000530. The Morgan fingerprint density at radius 1 is 1.28 bits per heavy atom. The van der Waals surface area contributed by atoms with Crippen LogP contribution in [0.5, 0.6) is 11.6 Å². The van der Waals surface area contributed by atoms with Crippen LogP contribution >= 0.6 is 0 Å². The second kappa shape index (κ2) is 9.00. The molecule has 0 radical (unpaired) electrons. The van der Waals surface area contributed by atoms with Crippen molar-refractivity contribution in [3.8, 4) is 11.6 Å². The van der Waals surface area contributed by atoms with E-state index >= 15 is 0 Å². The number of hydrogen-bond donors (Lipinski definition) is 2. The molecular weight excluding hydrogens is 382 g/mol. The minimum Gasteiger partial charge on any atom is -0.480 e. The number of aliphatic carboxylic acids is 1. The molecule has 1 aromatic heterocycles. The van der Waals surface area contributed by atoms with E-state index in [2.05, 4.69) is 10.3 Å². The molecule has 29 heavy (non-hydrogen) atoms. The fourth-order valence-corrected chi connectivity index (χ4v) is 2.28. The Morgan fingerprint density at radius 3 is 2.55 bits per heavy atom. The zero-order valence-electron chi connectivity index (χ0n) is 16.1. The molecule has 0 fully saturated rings. The normalized spacial score (nSPS) is 12.0. The van der Waals surface area contributed by atoms with Gasteiger partial charge in [0.1, 0.15) is 23.6 Å². The smallest absolute Gasteiger partial charge is 0.408 e. The highest BCUT2D eigenvalue weighted by Gasteiger charge is 2.24. The van der Waals surface area contributed by atoms with E-state index in [0.29, 0.717) is 11.3 Å². The number of aromatic nitrogens is 1. The Labute approximate surface area is 166 Å². The Balaban J connectivity index is 2.07. The highest BCUT2D eigenvalue weighted by atomic mass is 16.6. The molecule has 1 atom stereocenters. The third-order valence-corrected chi connectivity index (χ3v) is 3.48. The largest absolute Gasteiger partial charge is 0.480 e. The van der Waals surface area contributed by atoms with Gasteiger partial charge in [-0.3, -0.25) is 10.1 Å². The average molecular weight is 403 g/mol. The van der Waals surface area contributed by atoms with Gasteiger partial charge in [-0.05, 0) is 38.5 Å². The van der Waals surface area contributed by atoms with Crippen LogP contribution in [0.3, 0.4) is 0 Å². The van der Waals surface area contributed by atoms with Crippen molar-refractivity contribution in [2.75, 3.05) is 0 Å². The van der Waals surface area contributed by atoms with Gasteiger partial charge in [0.2, 0.25) is 5.88 Å². The van der Waals surface area contributed by atoms with Gasteiger partial charge < -0.3 is 19.9 Å². The fourth-order valence-electron chi connectivity index (χ4n) is 2.28. The van der Waals surface area contributed by atoms with Crippen molar-refractivity contribution in [3.63, 3.8) is 0 Å². The first-order valence-electron chi connectivity index (χ1n) is 8.63. The summed E-state index contributed by atoms with van der Waals surface area (Å²) in [5, 5.41) is 22.4. The van der Waals surface area contributed by atoms with E-state index in [1.165, 1.54) is 12.1 Å². The number of ether oxygens (including phenoxy) is 2. The summed E-state index contributed by atoms with van der Waals surface area (Å²) in [4.78, 5) is 37.3. The Kier molecular flexibility index (Phi) is 6.71. The summed E-state index contributed by atoms with van der Waals surface area (Å²) < 4.78 is 10.6. The van der Waals surface area contributed by atoms with Crippen molar-refractivity contribution in [3.05, 3.63) is 58.3 Å². The highest BCUT2D eigenvalue weighted by molar-refractivity contribution is 5.80. The van der Waals surface area contributed by atoms with Gasteiger partial charge in [-0.1, -0.05) is 12.1 Å². The number of nitrogens with one attached hydrogen (secondary N) is 1. The number of carboxylic acid groups (broad SMARTS) is 1. The van der Waals surface area contributed by atoms with Crippen LogP contribution in [0.1, 0.15) is 26.3 Å². The lowest BCUT2D eigenvalue weighted by Crippen LogP contribution is -2.44. The molecule has 10 heteroatoms. The van der Waals surface area contributed by atoms with Gasteiger partial charge >= 0.3 is 12.1 Å². The number of alkyl carbamates (subject to hydrolysis) is 1. The third-order valence-electron chi connectivity index (χ3n) is 3.48. The Hall–Kier alpha value is -3.69. The third kappa shape index (κ3) is 7.09. The zero-order chi connectivity index (χ0) is 21.6. The van der Waals surface area contributed by atoms with E-state index in [1.807, 2.05) is 0 Å². The standard InChI is InChI=1S/C19H21N3O7/c1-19(2,3)29-18(25)21-15(17(23)24)10-12-5-4-6-14(9-12)28-16-8-7-13(11-20-16)22(26)27/h4-9,11,15H,10H2,1-3H3,(H,21,25)(H,23,24). The van der Waals surface area contributed by atoms with Crippen molar-refractivity contribution < 1.29 is 29.1 Å². The molecule has 10 nitrogen and oxygen atoms in total. The molecular formula is C19H21N3O7. The number of hydrogen-bond acceptors (Lipinski definition) is 7. The maximum absolute atomic E-state index is 11.9. The molecule has 2 aromatic rings. The number of amides is 1. The van der Waals surface area contributed by atoms with E-state index < -0.39 is 28.6 Å². The lowest BCUT2D eigenvalue weighted by atomic mass is 10.1. The van der Waals surface area contributed by atoms with Gasteiger partial charge in [0.05, 0.1) is 4.92 Å². The van der Waals surface area contributed by atoms with Crippen molar-refractivity contribution >= 4 is 17.7 Å². The molecule has 2 rings (SSSR count). The van der Waals surface area contributed by atoms with E-state index in [0.717, 1.165) is 6.20 Å². The molecule has 1 heterocycles. The number of nitro groups is 1. The molecule has 0 aliphatic rings. The van der Waals surface area contributed by atoms with Crippen LogP contribution in [0.15, 0.2) is 42.6 Å². The van der Waals surface area contributed by atoms with Crippen LogP contribution in [0.4, 0.5) is 10.5 Å². The summed E-state index contributed by atoms with van der Waals surface area (Å²) in [5.41, 5.74) is -0.324. The van der Waals surface area contributed by atoms with Crippen molar-refractivity contribution in [2.24, 2.45) is 0 Å². The molecule has 1 unspecified atom stereocenters. The monoisotopic (exact) mass is 403 g/mol. The van der Waals surface area contributed by atoms with Crippen LogP contribution in [0, 0.1) is 10.1 Å². The van der Waals surface area contributed by atoms with Crippen LogP contribution in [-0.2, 0) is 16.0 Å². The number of carbonyl (C=O) groups excluding carboxylic acids is 1. The molecule has 1 amide bonds. The van der Waals surface area contributed by atoms with E-state index in [9.17, 15) is 24.8 Å². The van der Waals surface area contributed by atoms with Gasteiger partial charge in [-0.15, -0.1) is 0 Å². The molecule has 0 aliphatic carbocycles. The van der Waals surface area contributed by atoms with Gasteiger partial charge in [0, 0.05) is 18.6 Å². The number of rotatable bonds is 7. The second-order valence-corrected chi connectivity index (χ2v) is 7.10. The number of nitrogens with zero attached hydrogens (tertiary/aromatic N) is 2. The van der Waals surface area contributed by atoms with Crippen molar-refractivity contribution in [2.45, 2.75) is 38.8 Å². The summed E-state index contributed by atoms with van der Waals surface area (Å²) >= 11 is 0. The lowest BCUT2D eigenvalue weighted by molar-refractivity contribution is -0.385. The first kappa shape index (κ1) is 21.6. The summed E-state index contributed by atoms with van der Waals surface area (Å²) in [5.74, 6) is -0.695. The molecule has 0 saturated carbocycles. The van der Waals surface area contributed by atoms with Crippen molar-refractivity contribution in [1.82, 2.24) is 10.3 Å². The number of carboxylic acids is 1. The fraction of sp³-hybridized carbons (Fsp3) is 0.316. The minimum atomic E-state index is -1.21. The molecule has 0 spiro atoms. The van der Waals surface area contributed by atoms with Gasteiger partial charge in [0.25, 0.3) is 5.69 Å². The van der Waals surface area contributed by atoms with Crippen LogP contribution in [-0.4, -0.2) is 38.7 Å². The molecule has 0 bridgehead atoms. The predicted octanol–water partition coefficient (Wildman–Crippen LogP) is 3.30. The summed E-state index contributed by atoms with van der Waals surface area (Å²) in [6.45, 7) is 5.03. The van der Waals surface area contributed by atoms with E-state index in [4.69, 9.17) is 9.47 Å². The molecule has 0 saturated heterocycles. The quantitative estimate of drug-likeness (QED) is 0.530. The topological polar surface area (TPSA) is 141 Å². The molecule has 2 N–H and O–H groups in total. The van der Waals surface area contributed by atoms with Gasteiger partial charge in [-0.2, -0.15) is 0 Å². The van der Waals surface area contributed by atoms with Crippen LogP contribution < -0.4 is 10.1 Å². The first-order valence-corrected chi connectivity index (χ1v) is 8.63. The molecule has 154 valence electrons. The average Bonchev–Trinajstić information content (AvgIpc) is 2.60. The Bertz CT molecular complexity index is 891. The predicted molar refractivity (Wildman–Crippen MR) is 102 cm³/mol. The van der Waals surface area contributed by atoms with Gasteiger partial charge in [0.15, 0.2) is 0 Å². The van der Waals surface area contributed by atoms with Crippen LogP contribution in [0.2, 0.25) is 0 Å². The molecule has 1 aromatic carbocycles. The summed E-state index contributed by atoms with van der Waals surface area (Å²) in [6.07, 6.45) is 0.247. The number of carbonyl (C=O) groups is 2. The van der Waals surface area contributed by atoms with E-state index in [-0.39, 0.29) is 18.0 Å². The molecule has 0 aliphatic heterocycles.